The Morgan fingerprint density at radius 1 is 1.50 bits per heavy atom. The van der Waals surface area contributed by atoms with Crippen LogP contribution >= 0.6 is 0 Å². The molecule has 1 rings (SSSR count). The van der Waals surface area contributed by atoms with E-state index in [1.54, 1.807) is 0 Å². The summed E-state index contributed by atoms with van der Waals surface area (Å²) < 4.78 is 0. The van der Waals surface area contributed by atoms with E-state index in [1.165, 1.54) is 6.42 Å². The van der Waals surface area contributed by atoms with Crippen molar-refractivity contribution in [3.05, 3.63) is 0 Å². The van der Waals surface area contributed by atoms with Crippen molar-refractivity contribution in [3.63, 3.8) is 0 Å². The molecule has 54 valence electrons. The Morgan fingerprint density at radius 3 is 2.90 bits per heavy atom. The largest absolute Gasteiger partial charge is 0.303 e. The second-order valence-corrected chi connectivity index (χ2v) is 2.73. The van der Waals surface area contributed by atoms with Crippen LogP contribution in [0.15, 0.2) is 0 Å². The third-order valence-electron chi connectivity index (χ3n) is 2.07. The van der Waals surface area contributed by atoms with Crippen LogP contribution in [0.4, 0.5) is 0 Å². The minimum absolute atomic E-state index is 0.229. The highest BCUT2D eigenvalue weighted by molar-refractivity contribution is 5.55. The predicted octanol–water partition coefficient (Wildman–Crippen LogP) is 1.62. The summed E-state index contributed by atoms with van der Waals surface area (Å²) in [7, 11) is 0. The smallest absolute Gasteiger partial charge is 0.124 e. The number of hydrogen-bond acceptors (Lipinski definition) is 1. The number of carbonyl (C=O) groups excluding carboxylic acids is 1. The molecule has 0 spiro atoms. The molecular formula is C9H12O. The van der Waals surface area contributed by atoms with Crippen LogP contribution in [0.3, 0.4) is 0 Å². The molecule has 0 aromatic carbocycles. The number of hydrogen-bond donors (Lipinski definition) is 0. The molecule has 10 heavy (non-hydrogen) atoms. The summed E-state index contributed by atoms with van der Waals surface area (Å²) in [5.41, 5.74) is 0. The number of rotatable bonds is 1. The molecule has 0 N–H and O–H groups in total. The fourth-order valence-electron chi connectivity index (χ4n) is 1.52. The van der Waals surface area contributed by atoms with E-state index in [9.17, 15) is 4.79 Å². The summed E-state index contributed by atoms with van der Waals surface area (Å²) in [6.45, 7) is 1.83. The van der Waals surface area contributed by atoms with E-state index in [1.807, 2.05) is 6.92 Å². The van der Waals surface area contributed by atoms with Crippen LogP contribution in [0.1, 0.15) is 26.2 Å². The topological polar surface area (TPSA) is 17.1 Å². The van der Waals surface area contributed by atoms with Crippen molar-refractivity contribution in [1.29, 1.82) is 0 Å². The third kappa shape index (κ3) is 1.39. The molecule has 0 aliphatic heterocycles. The summed E-state index contributed by atoms with van der Waals surface area (Å²) in [6.07, 6.45) is 4.39. The molecular weight excluding hydrogens is 124 g/mol. The lowest BCUT2D eigenvalue weighted by atomic mass is 9.99. The average Bonchev–Trinajstić information content (AvgIpc) is 2.36. The highest BCUT2D eigenvalue weighted by atomic mass is 16.1. The van der Waals surface area contributed by atoms with Gasteiger partial charge in [0.1, 0.15) is 6.29 Å². The molecule has 1 aliphatic carbocycles. The monoisotopic (exact) mass is 136 g/mol. The van der Waals surface area contributed by atoms with Crippen molar-refractivity contribution in [2.24, 2.45) is 11.8 Å². The number of carbonyl (C=O) groups is 1. The van der Waals surface area contributed by atoms with Gasteiger partial charge in [-0.15, -0.1) is 5.92 Å². The van der Waals surface area contributed by atoms with E-state index in [-0.39, 0.29) is 5.92 Å². The first-order valence-electron chi connectivity index (χ1n) is 3.76. The molecule has 2 unspecified atom stereocenters. The average molecular weight is 136 g/mol. The zero-order valence-electron chi connectivity index (χ0n) is 6.26. The van der Waals surface area contributed by atoms with Crippen molar-refractivity contribution in [2.75, 3.05) is 0 Å². The van der Waals surface area contributed by atoms with Crippen LogP contribution < -0.4 is 0 Å². The predicted molar refractivity (Wildman–Crippen MR) is 40.3 cm³/mol. The van der Waals surface area contributed by atoms with Gasteiger partial charge >= 0.3 is 0 Å². The Hall–Kier alpha value is -0.770. The fraction of sp³-hybridized carbons (Fsp3) is 0.667. The normalized spacial score (nSPS) is 30.9. The van der Waals surface area contributed by atoms with Crippen molar-refractivity contribution < 1.29 is 4.79 Å². The lowest BCUT2D eigenvalue weighted by Gasteiger charge is -2.03. The molecule has 0 aromatic heterocycles. The number of aldehydes is 1. The zero-order chi connectivity index (χ0) is 7.40. The lowest BCUT2D eigenvalue weighted by Crippen LogP contribution is -2.06. The van der Waals surface area contributed by atoms with Gasteiger partial charge < -0.3 is 4.79 Å². The fourth-order valence-corrected chi connectivity index (χ4v) is 1.52. The van der Waals surface area contributed by atoms with Crippen molar-refractivity contribution in [1.82, 2.24) is 0 Å². The van der Waals surface area contributed by atoms with Gasteiger partial charge in [0.2, 0.25) is 0 Å². The summed E-state index contributed by atoms with van der Waals surface area (Å²) in [4.78, 5) is 10.4. The maximum atomic E-state index is 10.4. The molecule has 0 radical (unpaired) electrons. The van der Waals surface area contributed by atoms with Crippen LogP contribution in [-0.4, -0.2) is 6.29 Å². The first-order valence-corrected chi connectivity index (χ1v) is 3.76. The van der Waals surface area contributed by atoms with Gasteiger partial charge in [-0.3, -0.25) is 0 Å². The van der Waals surface area contributed by atoms with Crippen LogP contribution in [-0.2, 0) is 4.79 Å². The Balaban J connectivity index is 2.55. The Morgan fingerprint density at radius 2 is 2.30 bits per heavy atom. The van der Waals surface area contributed by atoms with Gasteiger partial charge in [0.15, 0.2) is 0 Å². The quantitative estimate of drug-likeness (QED) is 0.395. The zero-order valence-corrected chi connectivity index (χ0v) is 6.26. The first-order chi connectivity index (χ1) is 4.88. The van der Waals surface area contributed by atoms with E-state index >= 15 is 0 Å². The van der Waals surface area contributed by atoms with E-state index < -0.39 is 0 Å². The molecule has 0 amide bonds. The van der Waals surface area contributed by atoms with Gasteiger partial charge in [0, 0.05) is 11.8 Å². The Bertz CT molecular complexity index is 173. The second-order valence-electron chi connectivity index (χ2n) is 2.73. The summed E-state index contributed by atoms with van der Waals surface area (Å²) >= 11 is 0. The molecule has 1 heteroatoms. The van der Waals surface area contributed by atoms with E-state index in [0.717, 1.165) is 19.1 Å². The van der Waals surface area contributed by atoms with Crippen molar-refractivity contribution in [2.45, 2.75) is 26.2 Å². The van der Waals surface area contributed by atoms with Gasteiger partial charge in [0.05, 0.1) is 0 Å². The van der Waals surface area contributed by atoms with E-state index in [2.05, 4.69) is 11.8 Å². The SMILES string of the molecule is CC#CC1CCCC1C=O. The lowest BCUT2D eigenvalue weighted by molar-refractivity contribution is -0.111. The van der Waals surface area contributed by atoms with Crippen LogP contribution in [0.25, 0.3) is 0 Å². The highest BCUT2D eigenvalue weighted by Gasteiger charge is 2.24. The second kappa shape index (κ2) is 3.41. The summed E-state index contributed by atoms with van der Waals surface area (Å²) in [6, 6.07) is 0. The summed E-state index contributed by atoms with van der Waals surface area (Å²) in [5.74, 6) is 6.52. The molecule has 0 bridgehead atoms. The molecule has 1 saturated carbocycles. The Kier molecular flexibility index (Phi) is 2.50. The van der Waals surface area contributed by atoms with Gasteiger partial charge in [-0.25, -0.2) is 0 Å². The van der Waals surface area contributed by atoms with Gasteiger partial charge in [-0.2, -0.15) is 0 Å². The molecule has 1 fully saturated rings. The minimum atomic E-state index is 0.229. The molecule has 1 aliphatic rings. The molecule has 0 saturated heterocycles. The highest BCUT2D eigenvalue weighted by Crippen LogP contribution is 2.29. The van der Waals surface area contributed by atoms with Gasteiger partial charge in [0.25, 0.3) is 0 Å². The van der Waals surface area contributed by atoms with E-state index in [4.69, 9.17) is 0 Å². The van der Waals surface area contributed by atoms with Gasteiger partial charge in [-0.05, 0) is 19.8 Å². The van der Waals surface area contributed by atoms with Crippen LogP contribution in [0.2, 0.25) is 0 Å². The van der Waals surface area contributed by atoms with Gasteiger partial charge in [-0.1, -0.05) is 12.3 Å². The third-order valence-corrected chi connectivity index (χ3v) is 2.07. The van der Waals surface area contributed by atoms with E-state index in [0.29, 0.717) is 5.92 Å². The van der Waals surface area contributed by atoms with Crippen LogP contribution in [0, 0.1) is 23.7 Å². The van der Waals surface area contributed by atoms with Crippen LogP contribution in [0.5, 0.6) is 0 Å². The van der Waals surface area contributed by atoms with Crippen molar-refractivity contribution >= 4 is 6.29 Å². The molecule has 1 nitrogen and oxygen atoms in total. The maximum Gasteiger partial charge on any atom is 0.124 e. The molecule has 2 atom stereocenters. The first kappa shape index (κ1) is 7.34. The summed E-state index contributed by atoms with van der Waals surface area (Å²) in [5, 5.41) is 0. The molecule has 0 aromatic rings. The Labute approximate surface area is 61.8 Å². The van der Waals surface area contributed by atoms with Crippen molar-refractivity contribution in [3.8, 4) is 11.8 Å². The molecule has 0 heterocycles. The maximum absolute atomic E-state index is 10.4. The minimum Gasteiger partial charge on any atom is -0.303 e. The standard InChI is InChI=1S/C9H12O/c1-2-4-8-5-3-6-9(8)7-10/h7-9H,3,5-6H2,1H3.